The van der Waals surface area contributed by atoms with Crippen LogP contribution >= 0.6 is 0 Å². The standard InChI is InChI=1S/C8H8F3NO/c9-8(10,11)7(12,13)6-4-2-1-3-5-6/h1-5,13H,12H2. The second kappa shape index (κ2) is 3.01. The first-order valence-corrected chi connectivity index (χ1v) is 3.49. The van der Waals surface area contributed by atoms with Gasteiger partial charge in [-0.05, 0) is 0 Å². The number of hydrogen-bond donors (Lipinski definition) is 2. The van der Waals surface area contributed by atoms with Crippen LogP contribution < -0.4 is 5.73 Å². The largest absolute Gasteiger partial charge is 0.435 e. The van der Waals surface area contributed by atoms with Crippen molar-refractivity contribution in [1.29, 1.82) is 0 Å². The van der Waals surface area contributed by atoms with Crippen molar-refractivity contribution in [3.63, 3.8) is 0 Å². The minimum atomic E-state index is -4.87. The summed E-state index contributed by atoms with van der Waals surface area (Å²) >= 11 is 0. The zero-order valence-electron chi connectivity index (χ0n) is 6.55. The van der Waals surface area contributed by atoms with E-state index in [4.69, 9.17) is 10.8 Å². The molecular formula is C8H8F3NO. The van der Waals surface area contributed by atoms with Crippen LogP contribution in [-0.4, -0.2) is 11.3 Å². The topological polar surface area (TPSA) is 46.2 Å². The van der Waals surface area contributed by atoms with Crippen LogP contribution in [0.1, 0.15) is 5.56 Å². The molecule has 0 aliphatic rings. The number of hydrogen-bond acceptors (Lipinski definition) is 2. The van der Waals surface area contributed by atoms with Gasteiger partial charge in [-0.15, -0.1) is 0 Å². The second-order valence-electron chi connectivity index (χ2n) is 2.63. The molecule has 0 fully saturated rings. The number of halogens is 3. The highest BCUT2D eigenvalue weighted by molar-refractivity contribution is 5.22. The van der Waals surface area contributed by atoms with Gasteiger partial charge in [0.25, 0.3) is 0 Å². The number of aliphatic hydroxyl groups is 1. The van der Waals surface area contributed by atoms with Crippen LogP contribution in [0.15, 0.2) is 30.3 Å². The molecule has 1 rings (SSSR count). The quantitative estimate of drug-likeness (QED) is 0.658. The number of alkyl halides is 3. The molecule has 0 bridgehead atoms. The van der Waals surface area contributed by atoms with E-state index in [1.807, 2.05) is 0 Å². The average Bonchev–Trinajstić information content (AvgIpc) is 2.04. The van der Waals surface area contributed by atoms with Gasteiger partial charge in [-0.25, -0.2) is 0 Å². The Morgan fingerprint density at radius 1 is 1.08 bits per heavy atom. The van der Waals surface area contributed by atoms with Gasteiger partial charge in [0.2, 0.25) is 5.72 Å². The molecule has 1 aromatic carbocycles. The summed E-state index contributed by atoms with van der Waals surface area (Å²) in [6.45, 7) is 0. The van der Waals surface area contributed by atoms with E-state index in [1.165, 1.54) is 18.2 Å². The Balaban J connectivity index is 3.08. The average molecular weight is 191 g/mol. The monoisotopic (exact) mass is 191 g/mol. The van der Waals surface area contributed by atoms with Crippen LogP contribution in [-0.2, 0) is 5.72 Å². The minimum Gasteiger partial charge on any atom is -0.364 e. The maximum Gasteiger partial charge on any atom is 0.435 e. The molecule has 0 amide bonds. The first-order chi connectivity index (χ1) is 5.86. The van der Waals surface area contributed by atoms with E-state index in [0.29, 0.717) is 0 Å². The molecule has 0 radical (unpaired) electrons. The summed E-state index contributed by atoms with van der Waals surface area (Å²) in [5.74, 6) is 0. The fraction of sp³-hybridized carbons (Fsp3) is 0.250. The lowest BCUT2D eigenvalue weighted by molar-refractivity contribution is -0.264. The lowest BCUT2D eigenvalue weighted by atomic mass is 10.0. The summed E-state index contributed by atoms with van der Waals surface area (Å²) in [5.41, 5.74) is 1.10. The van der Waals surface area contributed by atoms with E-state index in [-0.39, 0.29) is 5.56 Å². The third kappa shape index (κ3) is 1.81. The number of rotatable bonds is 1. The van der Waals surface area contributed by atoms with Gasteiger partial charge in [-0.1, -0.05) is 30.3 Å². The first kappa shape index (κ1) is 10.0. The van der Waals surface area contributed by atoms with Crippen molar-refractivity contribution in [2.24, 2.45) is 5.73 Å². The van der Waals surface area contributed by atoms with Gasteiger partial charge in [0.15, 0.2) is 0 Å². The Morgan fingerprint density at radius 3 is 1.92 bits per heavy atom. The third-order valence-corrected chi connectivity index (χ3v) is 1.65. The molecule has 1 aromatic rings. The van der Waals surface area contributed by atoms with E-state index >= 15 is 0 Å². The minimum absolute atomic E-state index is 0.373. The normalized spacial score (nSPS) is 16.7. The summed E-state index contributed by atoms with van der Waals surface area (Å²) in [4.78, 5) is 0. The Kier molecular flexibility index (Phi) is 2.32. The molecule has 0 heterocycles. The highest BCUT2D eigenvalue weighted by Gasteiger charge is 2.52. The van der Waals surface area contributed by atoms with Gasteiger partial charge in [-0.3, -0.25) is 5.73 Å². The third-order valence-electron chi connectivity index (χ3n) is 1.65. The number of nitrogens with two attached hydrogens (primary N) is 1. The molecule has 72 valence electrons. The maximum absolute atomic E-state index is 12.1. The highest BCUT2D eigenvalue weighted by Crippen LogP contribution is 2.33. The van der Waals surface area contributed by atoms with Crippen LogP contribution in [0.5, 0.6) is 0 Å². The van der Waals surface area contributed by atoms with Crippen molar-refractivity contribution < 1.29 is 18.3 Å². The van der Waals surface area contributed by atoms with E-state index in [0.717, 1.165) is 12.1 Å². The fourth-order valence-corrected chi connectivity index (χ4v) is 0.856. The van der Waals surface area contributed by atoms with Crippen molar-refractivity contribution in [3.8, 4) is 0 Å². The predicted octanol–water partition coefficient (Wildman–Crippen LogP) is 1.35. The van der Waals surface area contributed by atoms with Crippen LogP contribution in [0.2, 0.25) is 0 Å². The van der Waals surface area contributed by atoms with Crippen LogP contribution in [0, 0.1) is 0 Å². The zero-order valence-corrected chi connectivity index (χ0v) is 6.55. The van der Waals surface area contributed by atoms with Gasteiger partial charge < -0.3 is 5.11 Å². The summed E-state index contributed by atoms with van der Waals surface area (Å²) in [5, 5.41) is 8.98. The van der Waals surface area contributed by atoms with E-state index in [9.17, 15) is 13.2 Å². The number of benzene rings is 1. The van der Waals surface area contributed by atoms with Crippen molar-refractivity contribution in [2.75, 3.05) is 0 Å². The van der Waals surface area contributed by atoms with Crippen molar-refractivity contribution in [3.05, 3.63) is 35.9 Å². The van der Waals surface area contributed by atoms with Crippen LogP contribution in [0.25, 0.3) is 0 Å². The molecule has 0 aromatic heterocycles. The molecule has 1 atom stereocenters. The van der Waals surface area contributed by atoms with Gasteiger partial charge in [0.1, 0.15) is 0 Å². The van der Waals surface area contributed by atoms with E-state index in [1.54, 1.807) is 0 Å². The summed E-state index contributed by atoms with van der Waals surface area (Å²) < 4.78 is 36.4. The fourth-order valence-electron chi connectivity index (χ4n) is 0.856. The smallest absolute Gasteiger partial charge is 0.364 e. The van der Waals surface area contributed by atoms with Crippen molar-refractivity contribution >= 4 is 0 Å². The molecule has 0 aliphatic carbocycles. The second-order valence-corrected chi connectivity index (χ2v) is 2.63. The predicted molar refractivity (Wildman–Crippen MR) is 40.6 cm³/mol. The summed E-state index contributed by atoms with van der Waals surface area (Å²) in [7, 11) is 0. The lowest BCUT2D eigenvalue weighted by Gasteiger charge is -2.25. The molecule has 13 heavy (non-hydrogen) atoms. The SMILES string of the molecule is NC(O)(c1ccccc1)C(F)(F)F. The molecule has 0 aliphatic heterocycles. The summed E-state index contributed by atoms with van der Waals surface area (Å²) in [6.07, 6.45) is -4.87. The Bertz CT molecular complexity index is 281. The van der Waals surface area contributed by atoms with Crippen LogP contribution in [0.3, 0.4) is 0 Å². The maximum atomic E-state index is 12.1. The Labute approximate surface area is 72.8 Å². The molecular weight excluding hydrogens is 183 g/mol. The van der Waals surface area contributed by atoms with Gasteiger partial charge in [-0.2, -0.15) is 13.2 Å². The van der Waals surface area contributed by atoms with Gasteiger partial charge in [0.05, 0.1) is 0 Å². The van der Waals surface area contributed by atoms with E-state index < -0.39 is 11.9 Å². The Hall–Kier alpha value is -1.07. The Morgan fingerprint density at radius 2 is 1.54 bits per heavy atom. The molecule has 0 saturated heterocycles. The van der Waals surface area contributed by atoms with Crippen LogP contribution in [0.4, 0.5) is 13.2 Å². The molecule has 1 unspecified atom stereocenters. The molecule has 0 saturated carbocycles. The van der Waals surface area contributed by atoms with E-state index in [2.05, 4.69) is 0 Å². The molecule has 2 nitrogen and oxygen atoms in total. The summed E-state index contributed by atoms with van der Waals surface area (Å²) in [6, 6.07) is 6.52. The highest BCUT2D eigenvalue weighted by atomic mass is 19.4. The lowest BCUT2D eigenvalue weighted by Crippen LogP contribution is -2.50. The van der Waals surface area contributed by atoms with Gasteiger partial charge >= 0.3 is 6.18 Å². The van der Waals surface area contributed by atoms with Crippen molar-refractivity contribution in [2.45, 2.75) is 11.9 Å². The molecule has 3 N–H and O–H groups in total. The van der Waals surface area contributed by atoms with Gasteiger partial charge in [0, 0.05) is 5.56 Å². The zero-order chi connectivity index (χ0) is 10.1. The molecule has 0 spiro atoms. The van der Waals surface area contributed by atoms with Crippen molar-refractivity contribution in [1.82, 2.24) is 0 Å². The molecule has 5 heteroatoms. The first-order valence-electron chi connectivity index (χ1n) is 3.49.